The molecule has 0 radical (unpaired) electrons. The van der Waals surface area contributed by atoms with E-state index >= 15 is 0 Å². The third kappa shape index (κ3) is 7.83. The fourth-order valence-electron chi connectivity index (χ4n) is 8.89. The smallest absolute Gasteiger partial charge is 0.244 e. The third-order valence-electron chi connectivity index (χ3n) is 11.0. The molecule has 4 aliphatic rings. The van der Waals surface area contributed by atoms with Crippen LogP contribution in [-0.4, -0.2) is 50.0 Å². The van der Waals surface area contributed by atoms with Crippen molar-refractivity contribution in [2.75, 3.05) is 17.1 Å². The largest absolute Gasteiger partial charge is 0.352 e. The zero-order valence-electron chi connectivity index (χ0n) is 28.3. The van der Waals surface area contributed by atoms with Crippen molar-refractivity contribution in [2.24, 2.45) is 17.8 Å². The van der Waals surface area contributed by atoms with Crippen LogP contribution in [0.15, 0.2) is 83.3 Å². The average molecular weight is 735 g/mol. The van der Waals surface area contributed by atoms with Crippen LogP contribution in [0.3, 0.4) is 0 Å². The molecule has 1 N–H and O–H groups in total. The van der Waals surface area contributed by atoms with Gasteiger partial charge in [0.15, 0.2) is 0 Å². The monoisotopic (exact) mass is 733 g/mol. The molecule has 7 nitrogen and oxygen atoms in total. The second kappa shape index (κ2) is 14.4. The minimum atomic E-state index is -3.83. The number of nitrogens with one attached hydrogen (secondary N) is 1. The van der Waals surface area contributed by atoms with Crippen LogP contribution in [0.2, 0.25) is 0 Å². The van der Waals surface area contributed by atoms with Gasteiger partial charge in [0.05, 0.1) is 11.9 Å². The van der Waals surface area contributed by atoms with Gasteiger partial charge >= 0.3 is 0 Å². The number of carbonyl (C=O) groups is 2. The van der Waals surface area contributed by atoms with Crippen molar-refractivity contribution < 1.29 is 18.0 Å². The quantitative estimate of drug-likeness (QED) is 0.201. The maximum Gasteiger partial charge on any atom is 0.244 e. The van der Waals surface area contributed by atoms with Crippen LogP contribution in [0, 0.1) is 17.8 Å². The summed E-state index contributed by atoms with van der Waals surface area (Å²) in [6.07, 6.45) is 9.92. The van der Waals surface area contributed by atoms with Gasteiger partial charge in [0.2, 0.25) is 21.8 Å². The Hall–Kier alpha value is -3.17. The van der Waals surface area contributed by atoms with Gasteiger partial charge in [0.25, 0.3) is 0 Å². The molecular weight excluding hydrogens is 686 g/mol. The van der Waals surface area contributed by atoms with Gasteiger partial charge in [-0.05, 0) is 116 Å². The molecule has 3 aromatic rings. The number of amides is 2. The highest BCUT2D eigenvalue weighted by Crippen LogP contribution is 2.60. The van der Waals surface area contributed by atoms with Crippen molar-refractivity contribution in [3.05, 3.63) is 100 Å². The first-order valence-electron chi connectivity index (χ1n) is 17.4. The molecule has 7 rings (SSSR count). The summed E-state index contributed by atoms with van der Waals surface area (Å²) in [4.78, 5) is 30.0. The molecule has 0 unspecified atom stereocenters. The summed E-state index contributed by atoms with van der Waals surface area (Å²) < 4.78 is 28.7. The number of rotatable bonds is 13. The second-order valence-electron chi connectivity index (χ2n) is 14.7. The van der Waals surface area contributed by atoms with E-state index in [1.807, 2.05) is 80.6 Å². The van der Waals surface area contributed by atoms with Crippen molar-refractivity contribution in [3.8, 4) is 0 Å². The lowest BCUT2D eigenvalue weighted by molar-refractivity contribution is -0.140. The predicted octanol–water partition coefficient (Wildman–Crippen LogP) is 7.24. The van der Waals surface area contributed by atoms with E-state index < -0.39 is 28.5 Å². The fourth-order valence-corrected chi connectivity index (χ4v) is 10.2. The van der Waals surface area contributed by atoms with E-state index in [0.29, 0.717) is 12.1 Å². The van der Waals surface area contributed by atoms with Crippen molar-refractivity contribution in [2.45, 2.75) is 89.3 Å². The van der Waals surface area contributed by atoms with Gasteiger partial charge in [0.1, 0.15) is 12.6 Å². The SMILES string of the molecule is CC[C@H](C)NC(=O)[C@@H](Cc1ccccc1)N(Cc1cccc(Br)c1)C(=O)CN(c1ccc(C23CC4CC(CC(C4)C2)C3)cc1)S(C)(=O)=O. The number of hydrogen-bond donors (Lipinski definition) is 1. The lowest BCUT2D eigenvalue weighted by Gasteiger charge is -2.57. The molecular formula is C39H48BrN3O4S. The first kappa shape index (κ1) is 34.7. The van der Waals surface area contributed by atoms with Crippen molar-refractivity contribution in [3.63, 3.8) is 0 Å². The van der Waals surface area contributed by atoms with Gasteiger partial charge in [-0.25, -0.2) is 8.42 Å². The normalized spacial score (nSPS) is 24.1. The number of nitrogens with zero attached hydrogens (tertiary/aromatic N) is 2. The zero-order chi connectivity index (χ0) is 34.1. The Labute approximate surface area is 294 Å². The molecule has 256 valence electrons. The van der Waals surface area contributed by atoms with Crippen LogP contribution in [0.25, 0.3) is 0 Å². The van der Waals surface area contributed by atoms with Crippen LogP contribution in [0.4, 0.5) is 5.69 Å². The van der Waals surface area contributed by atoms with E-state index in [1.165, 1.54) is 48.4 Å². The van der Waals surface area contributed by atoms with E-state index in [1.54, 1.807) is 4.90 Å². The summed E-state index contributed by atoms with van der Waals surface area (Å²) in [6, 6.07) is 24.3. The van der Waals surface area contributed by atoms with Crippen LogP contribution in [0.5, 0.6) is 0 Å². The second-order valence-corrected chi connectivity index (χ2v) is 17.5. The highest BCUT2D eigenvalue weighted by molar-refractivity contribution is 9.10. The van der Waals surface area contributed by atoms with Gasteiger partial charge in [0, 0.05) is 23.5 Å². The van der Waals surface area contributed by atoms with E-state index in [-0.39, 0.29) is 23.9 Å². The van der Waals surface area contributed by atoms with Gasteiger partial charge < -0.3 is 10.2 Å². The third-order valence-corrected chi connectivity index (χ3v) is 12.6. The van der Waals surface area contributed by atoms with Crippen molar-refractivity contribution in [1.29, 1.82) is 0 Å². The van der Waals surface area contributed by atoms with Crippen LogP contribution < -0.4 is 9.62 Å². The lowest BCUT2D eigenvalue weighted by atomic mass is 9.48. The van der Waals surface area contributed by atoms with Gasteiger partial charge in [-0.15, -0.1) is 0 Å². The molecule has 2 amide bonds. The lowest BCUT2D eigenvalue weighted by Crippen LogP contribution is -2.54. The van der Waals surface area contributed by atoms with E-state index in [0.717, 1.165) is 46.0 Å². The summed E-state index contributed by atoms with van der Waals surface area (Å²) in [5.41, 5.74) is 3.69. The Bertz CT molecular complexity index is 1680. The highest BCUT2D eigenvalue weighted by Gasteiger charge is 2.51. The summed E-state index contributed by atoms with van der Waals surface area (Å²) in [6.45, 7) is 3.67. The van der Waals surface area contributed by atoms with Crippen LogP contribution in [0.1, 0.15) is 75.5 Å². The molecule has 2 atom stereocenters. The van der Waals surface area contributed by atoms with Crippen molar-refractivity contribution in [1.82, 2.24) is 10.2 Å². The molecule has 0 saturated heterocycles. The number of halogens is 1. The molecule has 9 heteroatoms. The minimum Gasteiger partial charge on any atom is -0.352 e. The topological polar surface area (TPSA) is 86.8 Å². The molecule has 0 aliphatic heterocycles. The Kier molecular flexibility index (Phi) is 10.4. The summed E-state index contributed by atoms with van der Waals surface area (Å²) >= 11 is 3.53. The van der Waals surface area contributed by atoms with E-state index in [2.05, 4.69) is 33.4 Å². The number of carbonyl (C=O) groups excluding carboxylic acids is 2. The summed E-state index contributed by atoms with van der Waals surface area (Å²) in [7, 11) is -3.83. The van der Waals surface area contributed by atoms with E-state index in [4.69, 9.17) is 0 Å². The number of benzene rings is 3. The van der Waals surface area contributed by atoms with Crippen LogP contribution >= 0.6 is 15.9 Å². The first-order valence-corrected chi connectivity index (χ1v) is 20.0. The maximum absolute atomic E-state index is 14.5. The maximum atomic E-state index is 14.5. The summed E-state index contributed by atoms with van der Waals surface area (Å²) in [5, 5.41) is 3.08. The molecule has 4 aliphatic carbocycles. The molecule has 4 saturated carbocycles. The number of hydrogen-bond acceptors (Lipinski definition) is 4. The Morgan fingerprint density at radius 1 is 0.896 bits per heavy atom. The standard InChI is InChI=1S/C39H48BrN3O4S/c1-4-27(2)41-38(45)36(21-28-9-6-5-7-10-28)42(25-29-11-8-12-34(40)20-29)37(44)26-43(48(3,46)47)35-15-13-33(14-16-35)39-22-30-17-31(23-39)19-32(18-30)24-39/h5-16,20,27,30-32,36H,4,17-19,21-26H2,1-3H3,(H,41,45)/t27-,30?,31?,32?,36+,39?/m0/s1. The molecule has 4 fully saturated rings. The average Bonchev–Trinajstić information content (AvgIpc) is 3.04. The molecule has 0 aromatic heterocycles. The van der Waals surface area contributed by atoms with Gasteiger partial charge in [-0.3, -0.25) is 13.9 Å². The Morgan fingerprint density at radius 2 is 1.50 bits per heavy atom. The molecule has 3 aromatic carbocycles. The van der Waals surface area contributed by atoms with Gasteiger partial charge in [-0.2, -0.15) is 0 Å². The fraction of sp³-hybridized carbons (Fsp3) is 0.487. The van der Waals surface area contributed by atoms with E-state index in [9.17, 15) is 18.0 Å². The Morgan fingerprint density at radius 3 is 2.06 bits per heavy atom. The minimum absolute atomic E-state index is 0.0846. The number of sulfonamides is 1. The summed E-state index contributed by atoms with van der Waals surface area (Å²) in [5.74, 6) is 1.71. The molecule has 4 bridgehead atoms. The predicted molar refractivity (Wildman–Crippen MR) is 195 cm³/mol. The molecule has 0 heterocycles. The van der Waals surface area contributed by atoms with Crippen LogP contribution in [-0.2, 0) is 38.0 Å². The molecule has 0 spiro atoms. The number of anilines is 1. The van der Waals surface area contributed by atoms with Crippen molar-refractivity contribution >= 4 is 43.5 Å². The Balaban J connectivity index is 1.31. The highest BCUT2D eigenvalue weighted by atomic mass is 79.9. The first-order chi connectivity index (χ1) is 22.9. The molecule has 48 heavy (non-hydrogen) atoms. The van der Waals surface area contributed by atoms with Gasteiger partial charge in [-0.1, -0.05) is 77.5 Å². The zero-order valence-corrected chi connectivity index (χ0v) is 30.7.